The van der Waals surface area contributed by atoms with Crippen LogP contribution in [0.25, 0.3) is 0 Å². The molecule has 0 aliphatic carbocycles. The molecule has 0 aromatic carbocycles. The number of aliphatic hydroxyl groups excluding tert-OH is 1. The molecule has 0 radical (unpaired) electrons. The van der Waals surface area contributed by atoms with Crippen molar-refractivity contribution in [2.24, 2.45) is 0 Å². The van der Waals surface area contributed by atoms with Crippen LogP contribution >= 0.6 is 0 Å². The fraction of sp³-hybridized carbons (Fsp3) is 0.800. The molecule has 0 spiro atoms. The molecular weight excluding hydrogens is 177 g/mol. The summed E-state index contributed by atoms with van der Waals surface area (Å²) in [6.07, 6.45) is -7.21. The molecule has 0 heterocycles. The van der Waals surface area contributed by atoms with Gasteiger partial charge in [-0.3, -0.25) is 0 Å². The number of rotatable bonds is 2. The summed E-state index contributed by atoms with van der Waals surface area (Å²) in [6, 6.07) is -0.765. The normalized spacial score (nSPS) is 13.8. The average molecular weight is 186 g/mol. The summed E-state index contributed by atoms with van der Waals surface area (Å²) in [5.74, 6) is 0. The van der Waals surface area contributed by atoms with Crippen molar-refractivity contribution < 1.29 is 23.1 Å². The minimum absolute atomic E-state index is 0.765. The standard InChI is InChI=1S/C5H9F3N2O2/c1-9-4(12)10-2-3(11)5(6,7)8/h3,11H,2H2,1H3,(H2,9,10,12)/t3-/m0/s1. The third-order valence-corrected chi connectivity index (χ3v) is 1.06. The Hall–Kier alpha value is -0.980. The van der Waals surface area contributed by atoms with Gasteiger partial charge in [0.2, 0.25) is 0 Å². The van der Waals surface area contributed by atoms with E-state index in [0.717, 1.165) is 0 Å². The summed E-state index contributed by atoms with van der Waals surface area (Å²) in [4.78, 5) is 10.3. The molecule has 12 heavy (non-hydrogen) atoms. The molecule has 0 rings (SSSR count). The van der Waals surface area contributed by atoms with E-state index in [1.807, 2.05) is 10.6 Å². The molecule has 0 aliphatic rings. The number of hydrogen-bond donors (Lipinski definition) is 3. The number of carbonyl (C=O) groups is 1. The lowest BCUT2D eigenvalue weighted by molar-refractivity contribution is -0.201. The smallest absolute Gasteiger partial charge is 0.382 e. The van der Waals surface area contributed by atoms with E-state index < -0.39 is 24.9 Å². The van der Waals surface area contributed by atoms with Crippen molar-refractivity contribution in [1.82, 2.24) is 10.6 Å². The number of alkyl halides is 3. The van der Waals surface area contributed by atoms with E-state index >= 15 is 0 Å². The maximum Gasteiger partial charge on any atom is 0.416 e. The summed E-state index contributed by atoms with van der Waals surface area (Å²) in [6.45, 7) is -0.844. The van der Waals surface area contributed by atoms with Crippen LogP contribution < -0.4 is 10.6 Å². The van der Waals surface area contributed by atoms with Gasteiger partial charge in [0.15, 0.2) is 6.10 Å². The molecule has 7 heteroatoms. The number of nitrogens with one attached hydrogen (secondary N) is 2. The fourth-order valence-electron chi connectivity index (χ4n) is 0.393. The summed E-state index contributed by atoms with van der Waals surface area (Å²) < 4.78 is 34.7. The van der Waals surface area contributed by atoms with Crippen LogP contribution in [-0.4, -0.2) is 37.0 Å². The first kappa shape index (κ1) is 11.0. The maximum absolute atomic E-state index is 11.6. The summed E-state index contributed by atoms with van der Waals surface area (Å²) in [5, 5.41) is 12.2. The number of aliphatic hydroxyl groups is 1. The Morgan fingerprint density at radius 3 is 2.42 bits per heavy atom. The van der Waals surface area contributed by atoms with Crippen molar-refractivity contribution >= 4 is 6.03 Å². The molecule has 1 atom stereocenters. The van der Waals surface area contributed by atoms with Gasteiger partial charge in [0.25, 0.3) is 0 Å². The SMILES string of the molecule is CNC(=O)NC[C@H](O)C(F)(F)F. The van der Waals surface area contributed by atoms with Gasteiger partial charge >= 0.3 is 12.2 Å². The van der Waals surface area contributed by atoms with E-state index in [-0.39, 0.29) is 0 Å². The quantitative estimate of drug-likeness (QED) is 0.561. The topological polar surface area (TPSA) is 61.4 Å². The minimum Gasteiger partial charge on any atom is -0.382 e. The van der Waals surface area contributed by atoms with E-state index in [9.17, 15) is 18.0 Å². The molecule has 0 unspecified atom stereocenters. The zero-order valence-corrected chi connectivity index (χ0v) is 6.27. The van der Waals surface area contributed by atoms with Crippen LogP contribution in [0.5, 0.6) is 0 Å². The Labute approximate surface area is 66.8 Å². The highest BCUT2D eigenvalue weighted by atomic mass is 19.4. The first-order valence-corrected chi connectivity index (χ1v) is 3.08. The lowest BCUT2D eigenvalue weighted by atomic mass is 10.3. The van der Waals surface area contributed by atoms with Crippen molar-refractivity contribution in [1.29, 1.82) is 0 Å². The van der Waals surface area contributed by atoms with E-state index in [4.69, 9.17) is 5.11 Å². The average Bonchev–Trinajstić information content (AvgIpc) is 1.97. The Morgan fingerprint density at radius 2 is 2.08 bits per heavy atom. The summed E-state index contributed by atoms with van der Waals surface area (Å²) in [7, 11) is 1.26. The lowest BCUT2D eigenvalue weighted by Crippen LogP contribution is -2.43. The molecule has 72 valence electrons. The zero-order chi connectivity index (χ0) is 9.78. The maximum atomic E-state index is 11.6. The van der Waals surface area contributed by atoms with E-state index in [0.29, 0.717) is 0 Å². The van der Waals surface area contributed by atoms with Gasteiger partial charge < -0.3 is 15.7 Å². The van der Waals surface area contributed by atoms with Gasteiger partial charge in [0, 0.05) is 7.05 Å². The molecule has 4 nitrogen and oxygen atoms in total. The molecule has 0 bridgehead atoms. The first-order chi connectivity index (χ1) is 5.38. The highest BCUT2D eigenvalue weighted by Gasteiger charge is 2.38. The Kier molecular flexibility index (Phi) is 3.81. The first-order valence-electron chi connectivity index (χ1n) is 3.08. The second-order valence-electron chi connectivity index (χ2n) is 2.02. The van der Waals surface area contributed by atoms with Crippen LogP contribution in [0.2, 0.25) is 0 Å². The predicted octanol–water partition coefficient (Wildman–Crippen LogP) is -0.161. The van der Waals surface area contributed by atoms with E-state index in [1.54, 1.807) is 0 Å². The zero-order valence-electron chi connectivity index (χ0n) is 6.27. The van der Waals surface area contributed by atoms with Crippen LogP contribution in [-0.2, 0) is 0 Å². The number of hydrogen-bond acceptors (Lipinski definition) is 2. The van der Waals surface area contributed by atoms with Crippen molar-refractivity contribution in [3.8, 4) is 0 Å². The molecule has 0 aromatic heterocycles. The second kappa shape index (κ2) is 4.15. The van der Waals surface area contributed by atoms with Crippen molar-refractivity contribution in [2.45, 2.75) is 12.3 Å². The number of amides is 2. The molecule has 2 amide bonds. The van der Waals surface area contributed by atoms with Crippen molar-refractivity contribution in [2.75, 3.05) is 13.6 Å². The van der Waals surface area contributed by atoms with Gasteiger partial charge in [-0.2, -0.15) is 13.2 Å². The molecule has 0 saturated heterocycles. The number of halogens is 3. The molecule has 0 aromatic rings. The Balaban J connectivity index is 3.72. The largest absolute Gasteiger partial charge is 0.416 e. The fourth-order valence-corrected chi connectivity index (χ4v) is 0.393. The van der Waals surface area contributed by atoms with E-state index in [2.05, 4.69) is 0 Å². The van der Waals surface area contributed by atoms with Gasteiger partial charge in [-0.1, -0.05) is 0 Å². The predicted molar refractivity (Wildman–Crippen MR) is 34.5 cm³/mol. The third-order valence-electron chi connectivity index (χ3n) is 1.06. The van der Waals surface area contributed by atoms with Crippen molar-refractivity contribution in [3.63, 3.8) is 0 Å². The number of urea groups is 1. The van der Waals surface area contributed by atoms with E-state index in [1.165, 1.54) is 7.05 Å². The van der Waals surface area contributed by atoms with Crippen LogP contribution in [0.3, 0.4) is 0 Å². The monoisotopic (exact) mass is 186 g/mol. The summed E-state index contributed by atoms with van der Waals surface area (Å²) >= 11 is 0. The lowest BCUT2D eigenvalue weighted by Gasteiger charge is -2.14. The molecule has 0 aliphatic heterocycles. The van der Waals surface area contributed by atoms with Crippen molar-refractivity contribution in [3.05, 3.63) is 0 Å². The van der Waals surface area contributed by atoms with Gasteiger partial charge in [0.1, 0.15) is 0 Å². The second-order valence-corrected chi connectivity index (χ2v) is 2.02. The molecular formula is C5H9F3N2O2. The van der Waals surface area contributed by atoms with Crippen LogP contribution in [0.15, 0.2) is 0 Å². The third kappa shape index (κ3) is 4.02. The molecule has 3 N–H and O–H groups in total. The Bertz CT molecular complexity index is 159. The van der Waals surface area contributed by atoms with Gasteiger partial charge in [-0.15, -0.1) is 0 Å². The van der Waals surface area contributed by atoms with Gasteiger partial charge in [-0.25, -0.2) is 4.79 Å². The number of carbonyl (C=O) groups excluding carboxylic acids is 1. The Morgan fingerprint density at radius 1 is 1.58 bits per heavy atom. The van der Waals surface area contributed by atoms with Crippen LogP contribution in [0.1, 0.15) is 0 Å². The molecule has 0 saturated carbocycles. The van der Waals surface area contributed by atoms with Gasteiger partial charge in [-0.05, 0) is 0 Å². The summed E-state index contributed by atoms with van der Waals surface area (Å²) in [5.41, 5.74) is 0. The van der Waals surface area contributed by atoms with Gasteiger partial charge in [0.05, 0.1) is 6.54 Å². The van der Waals surface area contributed by atoms with Crippen LogP contribution in [0, 0.1) is 0 Å². The highest BCUT2D eigenvalue weighted by Crippen LogP contribution is 2.18. The molecule has 0 fully saturated rings. The minimum atomic E-state index is -4.69. The highest BCUT2D eigenvalue weighted by molar-refractivity contribution is 5.73. The van der Waals surface area contributed by atoms with Crippen LogP contribution in [0.4, 0.5) is 18.0 Å².